The number of likely N-dealkylation sites (tertiary alicyclic amines) is 1. The predicted molar refractivity (Wildman–Crippen MR) is 127 cm³/mol. The molecular weight excluding hydrogens is 484 g/mol. The van der Waals surface area contributed by atoms with Gasteiger partial charge in [-0.1, -0.05) is 12.1 Å². The molecule has 1 atom stereocenters. The lowest BCUT2D eigenvalue weighted by molar-refractivity contribution is -0.133. The second-order valence-electron chi connectivity index (χ2n) is 7.34. The molecule has 2 rings (SSSR count). The van der Waals surface area contributed by atoms with Gasteiger partial charge in [0.2, 0.25) is 5.91 Å². The standard InChI is InChI=1S/C21H34FN5O.HI/c1-4-23-21(25-14-12-17-8-10-18(22)11-9-17)24-13-6-16-27-15-5-7-19(27)20(28)26(2)3;/h8-11,19H,4-7,12-16H2,1-3H3,(H2,23,24,25);1H. The van der Waals surface area contributed by atoms with Crippen LogP contribution in [0.3, 0.4) is 0 Å². The summed E-state index contributed by atoms with van der Waals surface area (Å²) in [6.07, 6.45) is 3.77. The number of likely N-dealkylation sites (N-methyl/N-ethyl adjacent to an activating group) is 1. The Morgan fingerprint density at radius 3 is 2.66 bits per heavy atom. The molecule has 0 aromatic heterocycles. The van der Waals surface area contributed by atoms with Gasteiger partial charge < -0.3 is 15.5 Å². The zero-order valence-corrected chi connectivity index (χ0v) is 20.1. The van der Waals surface area contributed by atoms with E-state index in [9.17, 15) is 9.18 Å². The molecule has 1 aromatic carbocycles. The fourth-order valence-electron chi connectivity index (χ4n) is 3.45. The van der Waals surface area contributed by atoms with Crippen molar-refractivity contribution in [3.8, 4) is 0 Å². The number of nitrogens with one attached hydrogen (secondary N) is 2. The van der Waals surface area contributed by atoms with E-state index in [0.29, 0.717) is 6.54 Å². The third-order valence-electron chi connectivity index (χ3n) is 4.93. The van der Waals surface area contributed by atoms with Gasteiger partial charge in [-0.15, -0.1) is 24.0 Å². The lowest BCUT2D eigenvalue weighted by Crippen LogP contribution is -2.43. The molecule has 29 heavy (non-hydrogen) atoms. The van der Waals surface area contributed by atoms with Crippen molar-refractivity contribution in [3.63, 3.8) is 0 Å². The molecule has 0 saturated carbocycles. The molecule has 8 heteroatoms. The Hall–Kier alpha value is -1.42. The maximum atomic E-state index is 13.0. The monoisotopic (exact) mass is 519 g/mol. The van der Waals surface area contributed by atoms with E-state index < -0.39 is 0 Å². The van der Waals surface area contributed by atoms with Crippen LogP contribution in [0.25, 0.3) is 0 Å². The maximum absolute atomic E-state index is 13.0. The Kier molecular flexibility index (Phi) is 12.1. The van der Waals surface area contributed by atoms with Gasteiger partial charge in [0.1, 0.15) is 5.82 Å². The summed E-state index contributed by atoms with van der Waals surface area (Å²) in [6, 6.07) is 6.62. The van der Waals surface area contributed by atoms with Crippen molar-refractivity contribution in [1.29, 1.82) is 0 Å². The first-order valence-corrected chi connectivity index (χ1v) is 10.2. The van der Waals surface area contributed by atoms with Crippen LogP contribution in [0.1, 0.15) is 31.7 Å². The highest BCUT2D eigenvalue weighted by molar-refractivity contribution is 14.0. The minimum Gasteiger partial charge on any atom is -0.357 e. The quantitative estimate of drug-likeness (QED) is 0.228. The lowest BCUT2D eigenvalue weighted by Gasteiger charge is -2.25. The third-order valence-corrected chi connectivity index (χ3v) is 4.93. The zero-order valence-electron chi connectivity index (χ0n) is 17.8. The predicted octanol–water partition coefficient (Wildman–Crippen LogP) is 2.48. The van der Waals surface area contributed by atoms with Gasteiger partial charge in [0.15, 0.2) is 5.96 Å². The Morgan fingerprint density at radius 1 is 1.28 bits per heavy atom. The van der Waals surface area contributed by atoms with Crippen molar-refractivity contribution < 1.29 is 9.18 Å². The van der Waals surface area contributed by atoms with Crippen LogP contribution in [0, 0.1) is 5.82 Å². The van der Waals surface area contributed by atoms with Crippen LogP contribution in [0.5, 0.6) is 0 Å². The molecule has 1 unspecified atom stereocenters. The van der Waals surface area contributed by atoms with Crippen LogP contribution >= 0.6 is 24.0 Å². The number of rotatable bonds is 9. The molecule has 1 saturated heterocycles. The number of halogens is 2. The van der Waals surface area contributed by atoms with Crippen molar-refractivity contribution in [2.75, 3.05) is 46.8 Å². The zero-order chi connectivity index (χ0) is 20.4. The summed E-state index contributed by atoms with van der Waals surface area (Å²) in [6.45, 7) is 6.17. The molecule has 1 fully saturated rings. The van der Waals surface area contributed by atoms with E-state index in [1.165, 1.54) is 12.1 Å². The number of aliphatic imine (C=N–C) groups is 1. The van der Waals surface area contributed by atoms with Crippen molar-refractivity contribution in [2.45, 2.75) is 38.6 Å². The van der Waals surface area contributed by atoms with Gasteiger partial charge in [0.25, 0.3) is 0 Å². The van der Waals surface area contributed by atoms with Gasteiger partial charge in [-0.25, -0.2) is 4.39 Å². The molecule has 0 spiro atoms. The average molecular weight is 519 g/mol. The van der Waals surface area contributed by atoms with Crippen LogP contribution in [0.4, 0.5) is 4.39 Å². The minimum absolute atomic E-state index is 0. The molecule has 1 amide bonds. The van der Waals surface area contributed by atoms with Crippen LogP contribution < -0.4 is 10.6 Å². The summed E-state index contributed by atoms with van der Waals surface area (Å²) >= 11 is 0. The Morgan fingerprint density at radius 2 is 2.00 bits per heavy atom. The molecule has 0 aliphatic carbocycles. The minimum atomic E-state index is -0.209. The van der Waals surface area contributed by atoms with Gasteiger partial charge in [-0.3, -0.25) is 14.7 Å². The second-order valence-corrected chi connectivity index (χ2v) is 7.34. The molecule has 0 bridgehead atoms. The molecule has 2 N–H and O–H groups in total. The largest absolute Gasteiger partial charge is 0.357 e. The highest BCUT2D eigenvalue weighted by Gasteiger charge is 2.30. The van der Waals surface area contributed by atoms with Crippen LogP contribution in [-0.2, 0) is 11.2 Å². The van der Waals surface area contributed by atoms with Crippen molar-refractivity contribution in [3.05, 3.63) is 35.6 Å². The van der Waals surface area contributed by atoms with Gasteiger partial charge in [-0.2, -0.15) is 0 Å². The average Bonchev–Trinajstić information content (AvgIpc) is 3.14. The fourth-order valence-corrected chi connectivity index (χ4v) is 3.45. The maximum Gasteiger partial charge on any atom is 0.239 e. The first-order chi connectivity index (χ1) is 13.5. The van der Waals surface area contributed by atoms with Crippen molar-refractivity contribution in [1.82, 2.24) is 20.4 Å². The van der Waals surface area contributed by atoms with Gasteiger partial charge >= 0.3 is 0 Å². The summed E-state index contributed by atoms with van der Waals surface area (Å²) < 4.78 is 13.0. The Labute approximate surface area is 191 Å². The van der Waals surface area contributed by atoms with E-state index in [1.54, 1.807) is 4.90 Å². The van der Waals surface area contributed by atoms with Crippen molar-refractivity contribution in [2.24, 2.45) is 4.99 Å². The highest BCUT2D eigenvalue weighted by atomic mass is 127. The summed E-state index contributed by atoms with van der Waals surface area (Å²) in [4.78, 5) is 20.9. The summed E-state index contributed by atoms with van der Waals surface area (Å²) in [7, 11) is 3.65. The molecule has 1 aromatic rings. The van der Waals surface area contributed by atoms with Crippen LogP contribution in [0.15, 0.2) is 29.3 Å². The van der Waals surface area contributed by atoms with E-state index in [0.717, 1.165) is 63.4 Å². The van der Waals surface area contributed by atoms with Crippen LogP contribution in [0.2, 0.25) is 0 Å². The normalized spacial score (nSPS) is 17.0. The van der Waals surface area contributed by atoms with E-state index >= 15 is 0 Å². The molecule has 164 valence electrons. The number of carbonyl (C=O) groups is 1. The van der Waals surface area contributed by atoms with Crippen LogP contribution in [-0.4, -0.2) is 74.5 Å². The van der Waals surface area contributed by atoms with Gasteiger partial charge in [0.05, 0.1) is 6.04 Å². The Bertz CT molecular complexity index is 638. The van der Waals surface area contributed by atoms with E-state index in [1.807, 2.05) is 33.2 Å². The number of carbonyl (C=O) groups excluding carboxylic acids is 1. The number of nitrogens with zero attached hydrogens (tertiary/aromatic N) is 3. The number of amides is 1. The summed E-state index contributed by atoms with van der Waals surface area (Å²) in [5, 5.41) is 6.58. The molecule has 0 radical (unpaired) electrons. The SMILES string of the molecule is CCNC(=NCCCN1CCCC1C(=O)N(C)C)NCCc1ccc(F)cc1.I. The van der Waals surface area contributed by atoms with Gasteiger partial charge in [-0.05, 0) is 56.8 Å². The molecule has 6 nitrogen and oxygen atoms in total. The number of hydrogen-bond acceptors (Lipinski definition) is 3. The fraction of sp³-hybridized carbons (Fsp3) is 0.619. The van der Waals surface area contributed by atoms with Crippen molar-refractivity contribution >= 4 is 35.8 Å². The molecule has 1 aliphatic rings. The first kappa shape index (κ1) is 25.6. The Balaban J connectivity index is 0.00000420. The summed E-state index contributed by atoms with van der Waals surface area (Å²) in [5.41, 5.74) is 1.09. The third kappa shape index (κ3) is 8.86. The van der Waals surface area contributed by atoms with E-state index in [-0.39, 0.29) is 41.7 Å². The lowest BCUT2D eigenvalue weighted by atomic mass is 10.1. The molecule has 1 aliphatic heterocycles. The van der Waals surface area contributed by atoms with E-state index in [4.69, 9.17) is 0 Å². The first-order valence-electron chi connectivity index (χ1n) is 10.2. The number of benzene rings is 1. The summed E-state index contributed by atoms with van der Waals surface area (Å²) in [5.74, 6) is 0.794. The van der Waals surface area contributed by atoms with E-state index in [2.05, 4.69) is 20.5 Å². The number of guanidine groups is 1. The topological polar surface area (TPSA) is 60.0 Å². The molecule has 1 heterocycles. The van der Waals surface area contributed by atoms with Gasteiger partial charge in [0, 0.05) is 40.3 Å². The molecular formula is C21H35FIN5O. The smallest absolute Gasteiger partial charge is 0.239 e. The number of hydrogen-bond donors (Lipinski definition) is 2. The second kappa shape index (κ2) is 13.7. The highest BCUT2D eigenvalue weighted by Crippen LogP contribution is 2.18.